The molecule has 0 heterocycles. The van der Waals surface area contributed by atoms with Crippen LogP contribution in [0.25, 0.3) is 0 Å². The molecule has 3 aromatic carbocycles. The van der Waals surface area contributed by atoms with E-state index in [0.717, 1.165) is 0 Å². The van der Waals surface area contributed by atoms with Crippen molar-refractivity contribution in [1.82, 2.24) is 0 Å². The summed E-state index contributed by atoms with van der Waals surface area (Å²) in [6.07, 6.45) is 2.54. The van der Waals surface area contributed by atoms with Gasteiger partial charge in [-0.3, -0.25) is 0 Å². The summed E-state index contributed by atoms with van der Waals surface area (Å²) >= 11 is 0. The van der Waals surface area contributed by atoms with Gasteiger partial charge in [0.2, 0.25) is 0 Å². The van der Waals surface area contributed by atoms with Crippen molar-refractivity contribution < 1.29 is 4.74 Å². The fraction of sp³-hybridized carbons (Fsp3) is 0.310. The minimum atomic E-state index is -1.99. The lowest BCUT2D eigenvalue weighted by Crippen LogP contribution is -2.54. The van der Waals surface area contributed by atoms with Gasteiger partial charge in [0, 0.05) is 5.92 Å². The summed E-state index contributed by atoms with van der Waals surface area (Å²) in [5.74, 6) is 0.308. The first-order chi connectivity index (χ1) is 14.8. The standard InChI is InChI=1S/C29H36OSi/c1-24(28(29(2,3)4)30-23-25-15-9-6-10-16-25)21-22-31(5,26-17-11-7-12-18-26)27-19-13-8-14-20-27/h6-22,24,28H,23H2,1-5H3/b22-21+/t24-,28+/m1/s1. The molecule has 0 spiro atoms. The van der Waals surface area contributed by atoms with Crippen LogP contribution in [0.2, 0.25) is 6.55 Å². The summed E-state index contributed by atoms with van der Waals surface area (Å²) in [5.41, 5.74) is 3.78. The molecule has 0 radical (unpaired) electrons. The smallest absolute Gasteiger partial charge is 0.137 e. The Morgan fingerprint density at radius 2 is 1.23 bits per heavy atom. The Kier molecular flexibility index (Phi) is 7.69. The summed E-state index contributed by atoms with van der Waals surface area (Å²) < 4.78 is 6.50. The normalized spacial score (nSPS) is 14.5. The Morgan fingerprint density at radius 3 is 1.68 bits per heavy atom. The molecule has 2 heteroatoms. The van der Waals surface area contributed by atoms with E-state index in [9.17, 15) is 0 Å². The van der Waals surface area contributed by atoms with E-state index in [2.05, 4.69) is 137 Å². The van der Waals surface area contributed by atoms with Crippen molar-refractivity contribution in [2.75, 3.05) is 0 Å². The zero-order valence-electron chi connectivity index (χ0n) is 19.6. The van der Waals surface area contributed by atoms with Crippen molar-refractivity contribution in [2.24, 2.45) is 11.3 Å². The Hall–Kier alpha value is -2.42. The molecule has 0 aromatic heterocycles. The molecule has 162 valence electrons. The average Bonchev–Trinajstić information content (AvgIpc) is 2.78. The highest BCUT2D eigenvalue weighted by Gasteiger charge is 2.32. The largest absolute Gasteiger partial charge is 0.372 e. The fourth-order valence-electron chi connectivity index (χ4n) is 4.32. The van der Waals surface area contributed by atoms with Crippen molar-refractivity contribution in [2.45, 2.75) is 47.0 Å². The molecule has 31 heavy (non-hydrogen) atoms. The van der Waals surface area contributed by atoms with E-state index in [1.165, 1.54) is 15.9 Å². The maximum absolute atomic E-state index is 6.50. The third kappa shape index (κ3) is 6.06. The van der Waals surface area contributed by atoms with E-state index < -0.39 is 8.07 Å². The molecule has 0 bridgehead atoms. The van der Waals surface area contributed by atoms with Crippen molar-refractivity contribution >= 4 is 18.4 Å². The molecule has 1 nitrogen and oxygen atoms in total. The summed E-state index contributed by atoms with van der Waals surface area (Å²) in [6.45, 7) is 12.2. The van der Waals surface area contributed by atoms with E-state index in [1.807, 2.05) is 0 Å². The molecular weight excluding hydrogens is 392 g/mol. The van der Waals surface area contributed by atoms with Crippen LogP contribution in [-0.4, -0.2) is 14.2 Å². The van der Waals surface area contributed by atoms with Gasteiger partial charge in [-0.2, -0.15) is 0 Å². The van der Waals surface area contributed by atoms with Gasteiger partial charge >= 0.3 is 0 Å². The summed E-state index contributed by atoms with van der Waals surface area (Å²) in [6, 6.07) is 32.4. The summed E-state index contributed by atoms with van der Waals surface area (Å²) in [7, 11) is -1.99. The van der Waals surface area contributed by atoms with Crippen LogP contribution in [-0.2, 0) is 11.3 Å². The van der Waals surface area contributed by atoms with E-state index >= 15 is 0 Å². The van der Waals surface area contributed by atoms with E-state index in [0.29, 0.717) is 12.5 Å². The Labute approximate surface area is 189 Å². The molecule has 2 atom stereocenters. The number of hydrogen-bond donors (Lipinski definition) is 0. The van der Waals surface area contributed by atoms with Gasteiger partial charge in [0.05, 0.1) is 12.7 Å². The lowest BCUT2D eigenvalue weighted by Gasteiger charge is -2.35. The van der Waals surface area contributed by atoms with Gasteiger partial charge in [0.25, 0.3) is 0 Å². The van der Waals surface area contributed by atoms with Gasteiger partial charge < -0.3 is 4.74 Å². The third-order valence-corrected chi connectivity index (χ3v) is 10.0. The van der Waals surface area contributed by atoms with Gasteiger partial charge in [-0.05, 0) is 11.0 Å². The van der Waals surface area contributed by atoms with Crippen LogP contribution in [0, 0.1) is 11.3 Å². The molecule has 0 aliphatic rings. The predicted octanol–water partition coefficient (Wildman–Crippen LogP) is 6.24. The maximum atomic E-state index is 6.50. The number of rotatable bonds is 8. The molecule has 0 amide bonds. The monoisotopic (exact) mass is 428 g/mol. The van der Waals surface area contributed by atoms with Crippen molar-refractivity contribution in [3.05, 3.63) is 108 Å². The van der Waals surface area contributed by atoms with Gasteiger partial charge in [-0.25, -0.2) is 0 Å². The second-order valence-corrected chi connectivity index (χ2v) is 13.6. The molecule has 0 saturated carbocycles. The van der Waals surface area contributed by atoms with Crippen LogP contribution >= 0.6 is 0 Å². The summed E-state index contributed by atoms with van der Waals surface area (Å²) in [4.78, 5) is 0. The maximum Gasteiger partial charge on any atom is 0.137 e. The second-order valence-electron chi connectivity index (χ2n) is 9.74. The first-order valence-electron chi connectivity index (χ1n) is 11.3. The lowest BCUT2D eigenvalue weighted by atomic mass is 9.82. The summed E-state index contributed by atoms with van der Waals surface area (Å²) in [5, 5.41) is 2.87. The fourth-order valence-corrected chi connectivity index (χ4v) is 7.50. The third-order valence-electron chi connectivity index (χ3n) is 6.08. The molecule has 0 saturated heterocycles. The Morgan fingerprint density at radius 1 is 0.774 bits per heavy atom. The minimum Gasteiger partial charge on any atom is -0.372 e. The molecule has 0 fully saturated rings. The molecule has 3 rings (SSSR count). The quantitative estimate of drug-likeness (QED) is 0.386. The molecule has 3 aromatic rings. The predicted molar refractivity (Wildman–Crippen MR) is 137 cm³/mol. The van der Waals surface area contributed by atoms with Crippen LogP contribution < -0.4 is 10.4 Å². The van der Waals surface area contributed by atoms with Crippen molar-refractivity contribution in [1.29, 1.82) is 0 Å². The Bertz CT molecular complexity index is 903. The van der Waals surface area contributed by atoms with Crippen LogP contribution in [0.3, 0.4) is 0 Å². The first-order valence-corrected chi connectivity index (χ1v) is 13.8. The highest BCUT2D eigenvalue weighted by Crippen LogP contribution is 2.30. The van der Waals surface area contributed by atoms with Gasteiger partial charge in [0.1, 0.15) is 8.07 Å². The number of ether oxygens (including phenoxy) is 1. The molecular formula is C29H36OSi. The highest BCUT2D eigenvalue weighted by molar-refractivity contribution is 7.05. The van der Waals surface area contributed by atoms with Gasteiger partial charge in [-0.15, -0.1) is 0 Å². The minimum absolute atomic E-state index is 0.0516. The van der Waals surface area contributed by atoms with Crippen LogP contribution in [0.5, 0.6) is 0 Å². The SMILES string of the molecule is C[C@H](/C=C/[Si](C)(c1ccccc1)c1ccccc1)[C@H](OCc1ccccc1)C(C)(C)C. The van der Waals surface area contributed by atoms with E-state index in [4.69, 9.17) is 4.74 Å². The van der Waals surface area contributed by atoms with Crippen molar-refractivity contribution in [3.63, 3.8) is 0 Å². The average molecular weight is 429 g/mol. The molecule has 0 aliphatic heterocycles. The van der Waals surface area contributed by atoms with E-state index in [-0.39, 0.29) is 11.5 Å². The molecule has 0 N–H and O–H groups in total. The van der Waals surface area contributed by atoms with Crippen LogP contribution in [0.4, 0.5) is 0 Å². The van der Waals surface area contributed by atoms with Crippen LogP contribution in [0.15, 0.2) is 103 Å². The highest BCUT2D eigenvalue weighted by atomic mass is 28.3. The number of benzene rings is 3. The lowest BCUT2D eigenvalue weighted by molar-refractivity contribution is -0.0492. The van der Waals surface area contributed by atoms with Gasteiger partial charge in [-0.1, -0.05) is 147 Å². The topological polar surface area (TPSA) is 9.23 Å². The zero-order valence-corrected chi connectivity index (χ0v) is 20.6. The first kappa shape index (κ1) is 23.2. The second kappa shape index (κ2) is 10.3. The Balaban J connectivity index is 1.87. The zero-order chi connectivity index (χ0) is 22.3. The van der Waals surface area contributed by atoms with E-state index in [1.54, 1.807) is 0 Å². The van der Waals surface area contributed by atoms with Crippen molar-refractivity contribution in [3.8, 4) is 0 Å². The van der Waals surface area contributed by atoms with Gasteiger partial charge in [0.15, 0.2) is 0 Å². The number of hydrogen-bond acceptors (Lipinski definition) is 1. The van der Waals surface area contributed by atoms with Crippen LogP contribution in [0.1, 0.15) is 33.3 Å². The molecule has 0 unspecified atom stereocenters. The molecule has 0 aliphatic carbocycles.